The summed E-state index contributed by atoms with van der Waals surface area (Å²) in [6.45, 7) is 3.75. The van der Waals surface area contributed by atoms with Crippen molar-refractivity contribution in [1.29, 1.82) is 0 Å². The lowest BCUT2D eigenvalue weighted by Crippen LogP contribution is -2.43. The predicted octanol–water partition coefficient (Wildman–Crippen LogP) is 1.63. The minimum absolute atomic E-state index is 0.223. The van der Waals surface area contributed by atoms with E-state index in [1.807, 2.05) is 6.07 Å². The topological polar surface area (TPSA) is 69.6 Å². The first-order valence-corrected chi connectivity index (χ1v) is 9.13. The van der Waals surface area contributed by atoms with E-state index in [1.54, 1.807) is 12.4 Å². The molecule has 3 aliphatic rings. The Balaban J connectivity index is 1.46. The van der Waals surface area contributed by atoms with Gasteiger partial charge in [-0.25, -0.2) is 9.97 Å². The third kappa shape index (κ3) is 2.82. The number of hydrogen-bond donors (Lipinski definition) is 1. The highest BCUT2D eigenvalue weighted by molar-refractivity contribution is 5.77. The Kier molecular flexibility index (Phi) is 4.26. The molecule has 2 saturated heterocycles. The summed E-state index contributed by atoms with van der Waals surface area (Å²) in [6, 6.07) is 2.41. The SMILES string of the molecule is O=C(O)C12CN(Cc3ncccn3)CC1CN(C1CCCCC1)C2. The predicted molar refractivity (Wildman–Crippen MR) is 89.3 cm³/mol. The van der Waals surface area contributed by atoms with Crippen LogP contribution < -0.4 is 0 Å². The molecule has 1 aliphatic carbocycles. The van der Waals surface area contributed by atoms with E-state index in [1.165, 1.54) is 32.1 Å². The number of nitrogens with zero attached hydrogens (tertiary/aromatic N) is 4. The molecule has 0 spiro atoms. The second-order valence-corrected chi connectivity index (χ2v) is 7.71. The third-order valence-corrected chi connectivity index (χ3v) is 6.21. The van der Waals surface area contributed by atoms with Gasteiger partial charge in [0.1, 0.15) is 5.82 Å². The normalized spacial score (nSPS) is 32.1. The molecular weight excluding hydrogens is 304 g/mol. The highest BCUT2D eigenvalue weighted by atomic mass is 16.4. The number of likely N-dealkylation sites (tertiary alicyclic amines) is 2. The van der Waals surface area contributed by atoms with Gasteiger partial charge in [0.2, 0.25) is 0 Å². The number of fused-ring (bicyclic) bond motifs is 1. The van der Waals surface area contributed by atoms with Crippen LogP contribution in [0, 0.1) is 11.3 Å². The molecule has 3 fully saturated rings. The van der Waals surface area contributed by atoms with Crippen LogP contribution in [-0.4, -0.2) is 63.1 Å². The fourth-order valence-corrected chi connectivity index (χ4v) is 4.97. The lowest BCUT2D eigenvalue weighted by Gasteiger charge is -2.33. The Labute approximate surface area is 142 Å². The Hall–Kier alpha value is -1.53. The fourth-order valence-electron chi connectivity index (χ4n) is 4.97. The molecule has 3 heterocycles. The van der Waals surface area contributed by atoms with Crippen LogP contribution in [-0.2, 0) is 11.3 Å². The first-order chi connectivity index (χ1) is 11.7. The van der Waals surface area contributed by atoms with Gasteiger partial charge in [0, 0.05) is 50.5 Å². The molecule has 2 aliphatic heterocycles. The minimum atomic E-state index is -0.623. The average Bonchev–Trinajstić information content (AvgIpc) is 3.11. The van der Waals surface area contributed by atoms with Crippen molar-refractivity contribution in [3.8, 4) is 0 Å². The van der Waals surface area contributed by atoms with Gasteiger partial charge in [-0.15, -0.1) is 0 Å². The smallest absolute Gasteiger partial charge is 0.312 e. The maximum atomic E-state index is 12.1. The lowest BCUT2D eigenvalue weighted by molar-refractivity contribution is -0.149. The summed E-state index contributed by atoms with van der Waals surface area (Å²) in [7, 11) is 0. The number of aromatic nitrogens is 2. The monoisotopic (exact) mass is 330 g/mol. The van der Waals surface area contributed by atoms with E-state index >= 15 is 0 Å². The van der Waals surface area contributed by atoms with E-state index in [9.17, 15) is 9.90 Å². The second kappa shape index (κ2) is 6.41. The number of carboxylic acids is 1. The molecule has 0 amide bonds. The number of carboxylic acid groups (broad SMARTS) is 1. The molecule has 1 aromatic rings. The Morgan fingerprint density at radius 3 is 2.58 bits per heavy atom. The van der Waals surface area contributed by atoms with Crippen molar-refractivity contribution in [2.45, 2.75) is 44.7 Å². The largest absolute Gasteiger partial charge is 0.481 e. The molecule has 130 valence electrons. The van der Waals surface area contributed by atoms with Crippen LogP contribution in [0.5, 0.6) is 0 Å². The Morgan fingerprint density at radius 1 is 1.17 bits per heavy atom. The molecule has 1 N–H and O–H groups in total. The molecule has 0 aromatic carbocycles. The van der Waals surface area contributed by atoms with E-state index in [0.29, 0.717) is 25.7 Å². The van der Waals surface area contributed by atoms with Gasteiger partial charge >= 0.3 is 5.97 Å². The van der Waals surface area contributed by atoms with E-state index in [-0.39, 0.29) is 5.92 Å². The van der Waals surface area contributed by atoms with Crippen LogP contribution >= 0.6 is 0 Å². The van der Waals surface area contributed by atoms with E-state index < -0.39 is 11.4 Å². The molecule has 1 saturated carbocycles. The van der Waals surface area contributed by atoms with Crippen molar-refractivity contribution in [2.75, 3.05) is 26.2 Å². The summed E-state index contributed by atoms with van der Waals surface area (Å²) < 4.78 is 0. The summed E-state index contributed by atoms with van der Waals surface area (Å²) >= 11 is 0. The summed E-state index contributed by atoms with van der Waals surface area (Å²) in [5.41, 5.74) is -0.605. The van der Waals surface area contributed by atoms with Crippen molar-refractivity contribution in [3.05, 3.63) is 24.3 Å². The zero-order valence-electron chi connectivity index (χ0n) is 14.1. The minimum Gasteiger partial charge on any atom is -0.481 e. The molecule has 0 bridgehead atoms. The van der Waals surface area contributed by atoms with Gasteiger partial charge in [-0.1, -0.05) is 19.3 Å². The molecule has 2 unspecified atom stereocenters. The van der Waals surface area contributed by atoms with Crippen molar-refractivity contribution in [1.82, 2.24) is 19.8 Å². The summed E-state index contributed by atoms with van der Waals surface area (Å²) in [5.74, 6) is 0.380. The van der Waals surface area contributed by atoms with Gasteiger partial charge in [-0.2, -0.15) is 0 Å². The Morgan fingerprint density at radius 2 is 1.92 bits per heavy atom. The molecule has 2 atom stereocenters. The fraction of sp³-hybridized carbons (Fsp3) is 0.722. The first-order valence-electron chi connectivity index (χ1n) is 9.13. The standard InChI is InChI=1S/C18H26N4O2/c23-17(24)18-12-21(11-16-19-7-4-8-20-16)9-14(18)10-22(13-18)15-5-2-1-3-6-15/h4,7-8,14-15H,1-3,5-6,9-13H2,(H,23,24). The quantitative estimate of drug-likeness (QED) is 0.905. The maximum Gasteiger partial charge on any atom is 0.312 e. The average molecular weight is 330 g/mol. The van der Waals surface area contributed by atoms with Gasteiger partial charge < -0.3 is 5.11 Å². The zero-order chi connectivity index (χ0) is 16.6. The van der Waals surface area contributed by atoms with Gasteiger partial charge in [0.05, 0.1) is 12.0 Å². The van der Waals surface area contributed by atoms with E-state index in [4.69, 9.17) is 0 Å². The van der Waals surface area contributed by atoms with Crippen molar-refractivity contribution in [3.63, 3.8) is 0 Å². The number of carbonyl (C=O) groups is 1. The molecule has 24 heavy (non-hydrogen) atoms. The molecular formula is C18H26N4O2. The molecule has 6 nitrogen and oxygen atoms in total. The van der Waals surface area contributed by atoms with Crippen LogP contribution in [0.15, 0.2) is 18.5 Å². The van der Waals surface area contributed by atoms with Gasteiger partial charge in [-0.05, 0) is 18.9 Å². The number of hydrogen-bond acceptors (Lipinski definition) is 5. The highest BCUT2D eigenvalue weighted by Crippen LogP contribution is 2.45. The zero-order valence-corrected chi connectivity index (χ0v) is 14.1. The molecule has 4 rings (SSSR count). The maximum absolute atomic E-state index is 12.1. The lowest BCUT2D eigenvalue weighted by atomic mass is 9.81. The molecule has 0 radical (unpaired) electrons. The Bertz CT molecular complexity index is 590. The van der Waals surface area contributed by atoms with E-state index in [2.05, 4.69) is 19.8 Å². The number of aliphatic carboxylic acids is 1. The highest BCUT2D eigenvalue weighted by Gasteiger charge is 2.58. The summed E-state index contributed by atoms with van der Waals surface area (Å²) in [4.78, 5) is 25.4. The van der Waals surface area contributed by atoms with Crippen molar-refractivity contribution < 1.29 is 9.90 Å². The van der Waals surface area contributed by atoms with Crippen LogP contribution in [0.25, 0.3) is 0 Å². The van der Waals surface area contributed by atoms with Crippen LogP contribution in [0.4, 0.5) is 0 Å². The van der Waals surface area contributed by atoms with Gasteiger partial charge in [0.25, 0.3) is 0 Å². The van der Waals surface area contributed by atoms with Gasteiger partial charge in [0.15, 0.2) is 0 Å². The van der Waals surface area contributed by atoms with Crippen LogP contribution in [0.1, 0.15) is 37.9 Å². The van der Waals surface area contributed by atoms with Crippen molar-refractivity contribution in [2.24, 2.45) is 11.3 Å². The van der Waals surface area contributed by atoms with Crippen LogP contribution in [0.3, 0.4) is 0 Å². The van der Waals surface area contributed by atoms with E-state index in [0.717, 1.165) is 18.9 Å². The molecule has 1 aromatic heterocycles. The third-order valence-electron chi connectivity index (χ3n) is 6.21. The summed E-state index contributed by atoms with van der Waals surface area (Å²) in [6.07, 6.45) is 9.90. The first kappa shape index (κ1) is 16.0. The summed E-state index contributed by atoms with van der Waals surface area (Å²) in [5, 5.41) is 9.99. The molecule has 6 heteroatoms. The second-order valence-electron chi connectivity index (χ2n) is 7.71. The van der Waals surface area contributed by atoms with Gasteiger partial charge in [-0.3, -0.25) is 14.6 Å². The van der Waals surface area contributed by atoms with Crippen molar-refractivity contribution >= 4 is 5.97 Å². The van der Waals surface area contributed by atoms with Crippen LogP contribution in [0.2, 0.25) is 0 Å². The number of rotatable bonds is 4.